The first-order valence-corrected chi connectivity index (χ1v) is 6.24. The van der Waals surface area contributed by atoms with Crippen LogP contribution in [0.1, 0.15) is 26.5 Å². The molecule has 17 heavy (non-hydrogen) atoms. The zero-order chi connectivity index (χ0) is 12.5. The van der Waals surface area contributed by atoms with Gasteiger partial charge in [0.2, 0.25) is 5.95 Å². The summed E-state index contributed by atoms with van der Waals surface area (Å²) >= 11 is 0. The van der Waals surface area contributed by atoms with Crippen LogP contribution in [0.5, 0.6) is 0 Å². The molecule has 94 valence electrons. The zero-order valence-electron chi connectivity index (χ0n) is 11.3. The van der Waals surface area contributed by atoms with Gasteiger partial charge in [0, 0.05) is 37.8 Å². The summed E-state index contributed by atoms with van der Waals surface area (Å²) in [5.74, 6) is 0.880. The quantitative estimate of drug-likeness (QED) is 0.737. The van der Waals surface area contributed by atoms with Crippen molar-refractivity contribution >= 4 is 5.95 Å². The van der Waals surface area contributed by atoms with E-state index in [1.165, 1.54) is 0 Å². The molecule has 0 amide bonds. The van der Waals surface area contributed by atoms with Crippen LogP contribution in [0.2, 0.25) is 0 Å². The van der Waals surface area contributed by atoms with E-state index in [2.05, 4.69) is 47.6 Å². The van der Waals surface area contributed by atoms with Gasteiger partial charge in [0.05, 0.1) is 5.69 Å². The van der Waals surface area contributed by atoms with Crippen molar-refractivity contribution in [3.05, 3.63) is 18.0 Å². The number of piperazine rings is 1. The Morgan fingerprint density at radius 1 is 1.12 bits per heavy atom. The van der Waals surface area contributed by atoms with Crippen molar-refractivity contribution in [2.45, 2.75) is 26.2 Å². The average Bonchev–Trinajstić information content (AvgIpc) is 2.29. The molecule has 4 heteroatoms. The van der Waals surface area contributed by atoms with Crippen LogP contribution in [-0.2, 0) is 5.41 Å². The Hall–Kier alpha value is -1.16. The fourth-order valence-electron chi connectivity index (χ4n) is 1.92. The molecule has 0 spiro atoms. The van der Waals surface area contributed by atoms with Crippen molar-refractivity contribution in [1.29, 1.82) is 0 Å². The fourth-order valence-corrected chi connectivity index (χ4v) is 1.92. The third-order valence-electron chi connectivity index (χ3n) is 3.20. The van der Waals surface area contributed by atoms with Crippen LogP contribution in [0.15, 0.2) is 12.3 Å². The average molecular weight is 234 g/mol. The minimum atomic E-state index is 0.0876. The van der Waals surface area contributed by atoms with E-state index >= 15 is 0 Å². The summed E-state index contributed by atoms with van der Waals surface area (Å²) in [6, 6.07) is 2.01. The maximum Gasteiger partial charge on any atom is 0.225 e. The topological polar surface area (TPSA) is 32.3 Å². The molecule has 1 saturated heterocycles. The van der Waals surface area contributed by atoms with E-state index in [9.17, 15) is 0 Å². The van der Waals surface area contributed by atoms with E-state index < -0.39 is 0 Å². The second-order valence-electron chi connectivity index (χ2n) is 5.78. The summed E-state index contributed by atoms with van der Waals surface area (Å²) in [7, 11) is 2.16. The molecule has 0 atom stereocenters. The molecule has 0 radical (unpaired) electrons. The highest BCUT2D eigenvalue weighted by atomic mass is 15.3. The Kier molecular flexibility index (Phi) is 3.33. The van der Waals surface area contributed by atoms with Gasteiger partial charge in [-0.2, -0.15) is 0 Å². The molecule has 1 aromatic rings. The molecule has 0 aliphatic carbocycles. The minimum Gasteiger partial charge on any atom is -0.338 e. The summed E-state index contributed by atoms with van der Waals surface area (Å²) in [6.45, 7) is 10.8. The van der Waals surface area contributed by atoms with Gasteiger partial charge < -0.3 is 9.80 Å². The Morgan fingerprint density at radius 3 is 2.35 bits per heavy atom. The first kappa shape index (κ1) is 12.3. The highest BCUT2D eigenvalue weighted by Gasteiger charge is 2.20. The lowest BCUT2D eigenvalue weighted by atomic mass is 9.92. The maximum absolute atomic E-state index is 4.69. The van der Waals surface area contributed by atoms with Crippen LogP contribution in [0.4, 0.5) is 5.95 Å². The Labute approximate surface area is 104 Å². The summed E-state index contributed by atoms with van der Waals surface area (Å²) in [6.07, 6.45) is 1.88. The van der Waals surface area contributed by atoms with Gasteiger partial charge in [0.1, 0.15) is 0 Å². The number of anilines is 1. The largest absolute Gasteiger partial charge is 0.338 e. The van der Waals surface area contributed by atoms with Gasteiger partial charge in [-0.15, -0.1) is 0 Å². The van der Waals surface area contributed by atoms with Gasteiger partial charge in [0.15, 0.2) is 0 Å². The maximum atomic E-state index is 4.69. The molecule has 0 saturated carbocycles. The Morgan fingerprint density at radius 2 is 1.76 bits per heavy atom. The van der Waals surface area contributed by atoms with Crippen LogP contribution in [-0.4, -0.2) is 48.1 Å². The monoisotopic (exact) mass is 234 g/mol. The lowest BCUT2D eigenvalue weighted by Gasteiger charge is -2.32. The lowest BCUT2D eigenvalue weighted by Crippen LogP contribution is -2.45. The summed E-state index contributed by atoms with van der Waals surface area (Å²) < 4.78 is 0. The molecule has 2 heterocycles. The third kappa shape index (κ3) is 2.94. The Balaban J connectivity index is 2.16. The van der Waals surface area contributed by atoms with Crippen molar-refractivity contribution < 1.29 is 0 Å². The SMILES string of the molecule is CN1CCN(c2nccc(C(C)(C)C)n2)CC1. The predicted molar refractivity (Wildman–Crippen MR) is 70.4 cm³/mol. The molecule has 1 fully saturated rings. The molecule has 0 bridgehead atoms. The first-order valence-electron chi connectivity index (χ1n) is 6.24. The van der Waals surface area contributed by atoms with Crippen molar-refractivity contribution in [2.24, 2.45) is 0 Å². The number of aromatic nitrogens is 2. The fraction of sp³-hybridized carbons (Fsp3) is 0.692. The van der Waals surface area contributed by atoms with Crippen LogP contribution < -0.4 is 4.90 Å². The highest BCUT2D eigenvalue weighted by Crippen LogP contribution is 2.21. The zero-order valence-corrected chi connectivity index (χ0v) is 11.3. The van der Waals surface area contributed by atoms with Gasteiger partial charge in [-0.3, -0.25) is 0 Å². The number of likely N-dealkylation sites (N-methyl/N-ethyl adjacent to an activating group) is 1. The smallest absolute Gasteiger partial charge is 0.225 e. The standard InChI is InChI=1S/C13H22N4/c1-13(2,3)11-5-6-14-12(15-11)17-9-7-16(4)8-10-17/h5-6H,7-10H2,1-4H3. The molecular formula is C13H22N4. The van der Waals surface area contributed by atoms with E-state index in [4.69, 9.17) is 0 Å². The van der Waals surface area contributed by atoms with Crippen LogP contribution in [0.25, 0.3) is 0 Å². The van der Waals surface area contributed by atoms with Gasteiger partial charge >= 0.3 is 0 Å². The summed E-state index contributed by atoms with van der Waals surface area (Å²) in [4.78, 5) is 13.7. The van der Waals surface area contributed by atoms with Gasteiger partial charge in [-0.1, -0.05) is 20.8 Å². The number of nitrogens with zero attached hydrogens (tertiary/aromatic N) is 4. The van der Waals surface area contributed by atoms with Crippen LogP contribution >= 0.6 is 0 Å². The molecule has 0 N–H and O–H groups in total. The van der Waals surface area contributed by atoms with Gasteiger partial charge in [-0.05, 0) is 13.1 Å². The molecule has 1 aliphatic rings. The second kappa shape index (κ2) is 4.61. The first-order chi connectivity index (χ1) is 7.97. The predicted octanol–water partition coefficient (Wildman–Crippen LogP) is 1.53. The van der Waals surface area contributed by atoms with Crippen LogP contribution in [0, 0.1) is 0 Å². The molecular weight excluding hydrogens is 212 g/mol. The van der Waals surface area contributed by atoms with E-state index in [1.54, 1.807) is 0 Å². The summed E-state index contributed by atoms with van der Waals surface area (Å²) in [5, 5.41) is 0. The minimum absolute atomic E-state index is 0.0876. The molecule has 2 rings (SSSR count). The van der Waals surface area contributed by atoms with Gasteiger partial charge in [-0.25, -0.2) is 9.97 Å². The third-order valence-corrected chi connectivity index (χ3v) is 3.20. The number of hydrogen-bond acceptors (Lipinski definition) is 4. The van der Waals surface area contributed by atoms with E-state index in [0.29, 0.717) is 0 Å². The van der Waals surface area contributed by atoms with Crippen molar-refractivity contribution in [3.63, 3.8) is 0 Å². The van der Waals surface area contributed by atoms with Crippen molar-refractivity contribution in [2.75, 3.05) is 38.1 Å². The van der Waals surface area contributed by atoms with Crippen LogP contribution in [0.3, 0.4) is 0 Å². The molecule has 0 unspecified atom stereocenters. The normalized spacial score (nSPS) is 18.5. The molecule has 0 aromatic carbocycles. The van der Waals surface area contributed by atoms with Crippen molar-refractivity contribution in [3.8, 4) is 0 Å². The van der Waals surface area contributed by atoms with E-state index in [0.717, 1.165) is 37.8 Å². The molecule has 4 nitrogen and oxygen atoms in total. The lowest BCUT2D eigenvalue weighted by molar-refractivity contribution is 0.311. The highest BCUT2D eigenvalue weighted by molar-refractivity contribution is 5.32. The number of hydrogen-bond donors (Lipinski definition) is 0. The Bertz CT molecular complexity index is 375. The van der Waals surface area contributed by atoms with Crippen molar-refractivity contribution in [1.82, 2.24) is 14.9 Å². The second-order valence-corrected chi connectivity index (χ2v) is 5.78. The molecule has 1 aromatic heterocycles. The number of rotatable bonds is 1. The molecule has 1 aliphatic heterocycles. The summed E-state index contributed by atoms with van der Waals surface area (Å²) in [5.41, 5.74) is 1.20. The van der Waals surface area contributed by atoms with E-state index in [1.807, 2.05) is 12.3 Å². The van der Waals surface area contributed by atoms with Gasteiger partial charge in [0.25, 0.3) is 0 Å². The van der Waals surface area contributed by atoms with E-state index in [-0.39, 0.29) is 5.41 Å².